The predicted octanol–water partition coefficient (Wildman–Crippen LogP) is -0.338. The number of phenols is 1. The van der Waals surface area contributed by atoms with Crippen molar-refractivity contribution in [3.05, 3.63) is 76.0 Å². The van der Waals surface area contributed by atoms with E-state index in [2.05, 4.69) is 20.9 Å². The molecule has 57 heavy (non-hydrogen) atoms. The minimum Gasteiger partial charge on any atom is -0.505 e. The van der Waals surface area contributed by atoms with Crippen LogP contribution in [0.4, 0.5) is 13.6 Å². The number of aliphatic hydroxyl groups is 2. The summed E-state index contributed by atoms with van der Waals surface area (Å²) in [6.45, 7) is 0.543. The number of halogens is 2. The highest BCUT2D eigenvalue weighted by atomic mass is 19.1. The lowest BCUT2D eigenvalue weighted by atomic mass is 9.87. The number of amides is 1. The zero-order chi connectivity index (χ0) is 41.1. The summed E-state index contributed by atoms with van der Waals surface area (Å²) in [4.78, 5) is 56.6. The highest BCUT2D eigenvalue weighted by Gasteiger charge is 2.74. The second kappa shape index (κ2) is 16.4. The van der Waals surface area contributed by atoms with Crippen LogP contribution in [0.15, 0.2) is 57.7 Å². The standard InChI is InChI=1S/C37H39F2N7O8.CO2/c38-23-14-21-29(16-27(23)48)54-30-17-28(49)24(39)15-22(30)31(21)20-9-7-19(8-10-20)26(47)6-4-2-1-3-5-12-42-35(50)53-18-25-32-37(45-33(40)44-32)36(51,52)11-13-46(37)34(41)43-25;2-1-3/h7-10,14-17,25,32,51-52H,1-6,11-13,18H2,(H7,40,41,42,43,44,45,48,49,50);/p+2/t25?,32-,37?;/m0./s1. The molecule has 0 aromatic heterocycles. The number of hydrogen-bond donors (Lipinski definition) is 9. The molecule has 300 valence electrons. The van der Waals surface area contributed by atoms with Gasteiger partial charge in [-0.05, 0) is 30.5 Å². The quantitative estimate of drug-likeness (QED) is 0.0292. The van der Waals surface area contributed by atoms with Crippen LogP contribution in [-0.4, -0.2) is 93.1 Å². The minimum atomic E-state index is -2.14. The largest absolute Gasteiger partial charge is 0.505 e. The molecule has 4 aliphatic heterocycles. The van der Waals surface area contributed by atoms with E-state index in [1.165, 1.54) is 0 Å². The molecule has 2 unspecified atom stereocenters. The number of carbonyl (C=O) groups excluding carboxylic acids is 4. The van der Waals surface area contributed by atoms with Crippen molar-refractivity contribution in [3.8, 4) is 28.2 Å². The SMILES string of the molecule is NC1=[NH+][C@H]2C(COC(=O)NCCCCCCCC(=O)c3ccc(-c4c5cc(F)c(=O)cc-5oc5cc(O)c(F)cc45)cc3)NC(N)=[N+]3CCC(O)(O)C23N1.O=C=O. The number of ketones is 1. The highest BCUT2D eigenvalue weighted by Crippen LogP contribution is 2.42. The summed E-state index contributed by atoms with van der Waals surface area (Å²) in [5, 5.41) is 40.4. The maximum Gasteiger partial charge on any atom is 0.407 e. The third kappa shape index (κ3) is 7.85. The predicted molar refractivity (Wildman–Crippen MR) is 195 cm³/mol. The van der Waals surface area contributed by atoms with Crippen LogP contribution in [0.3, 0.4) is 0 Å². The molecular formula is C38H41F2N7O10+2. The molecule has 0 saturated carbocycles. The molecule has 1 saturated heterocycles. The molecule has 1 fully saturated rings. The van der Waals surface area contributed by atoms with Gasteiger partial charge < -0.3 is 29.8 Å². The van der Waals surface area contributed by atoms with E-state index in [4.69, 9.17) is 30.2 Å². The smallest absolute Gasteiger partial charge is 0.407 e. The molecule has 17 nitrogen and oxygen atoms in total. The first-order valence-corrected chi connectivity index (χ1v) is 18.1. The van der Waals surface area contributed by atoms with Gasteiger partial charge in [0.1, 0.15) is 24.0 Å². The molecule has 0 bridgehead atoms. The molecule has 2 aromatic rings. The topological polar surface area (TPSA) is 274 Å². The summed E-state index contributed by atoms with van der Waals surface area (Å²) in [6, 6.07) is 9.54. The Labute approximate surface area is 322 Å². The summed E-state index contributed by atoms with van der Waals surface area (Å²) in [7, 11) is 0. The lowest BCUT2D eigenvalue weighted by molar-refractivity contribution is -0.674. The maximum atomic E-state index is 14.4. The number of nitrogens with one attached hydrogen (secondary N) is 4. The average Bonchev–Trinajstić information content (AvgIpc) is 3.67. The summed E-state index contributed by atoms with van der Waals surface area (Å²) >= 11 is 0. The van der Waals surface area contributed by atoms with Gasteiger partial charge in [0.2, 0.25) is 11.2 Å². The van der Waals surface area contributed by atoms with Crippen molar-refractivity contribution in [2.24, 2.45) is 11.5 Å². The second-order valence-corrected chi connectivity index (χ2v) is 14.0. The number of Topliss-reactive ketones (excluding diaryl/α,β-unsaturated/α-hetero) is 1. The first kappa shape index (κ1) is 40.2. The molecule has 11 N–H and O–H groups in total. The molecule has 5 aliphatic rings. The van der Waals surface area contributed by atoms with Crippen molar-refractivity contribution in [1.29, 1.82) is 0 Å². The van der Waals surface area contributed by atoms with Crippen LogP contribution in [0.2, 0.25) is 0 Å². The molecule has 19 heteroatoms. The Morgan fingerprint density at radius 1 is 1.04 bits per heavy atom. The number of carbonyl (C=O) groups is 2. The minimum absolute atomic E-state index is 0.0333. The van der Waals surface area contributed by atoms with Crippen LogP contribution in [0.25, 0.3) is 33.4 Å². The van der Waals surface area contributed by atoms with Crippen molar-refractivity contribution in [2.75, 3.05) is 19.7 Å². The third-order valence-corrected chi connectivity index (χ3v) is 10.4. The van der Waals surface area contributed by atoms with Gasteiger partial charge in [0, 0.05) is 53.6 Å². The number of benzene rings is 3. The zero-order valence-electron chi connectivity index (χ0n) is 30.4. The fourth-order valence-electron chi connectivity index (χ4n) is 7.74. The molecule has 1 amide bonds. The Balaban J connectivity index is 0.00000177. The van der Waals surface area contributed by atoms with Crippen LogP contribution >= 0.6 is 0 Å². The molecule has 3 atom stereocenters. The van der Waals surface area contributed by atoms with Crippen molar-refractivity contribution >= 4 is 40.9 Å². The van der Waals surface area contributed by atoms with E-state index in [1.807, 2.05) is 0 Å². The fourth-order valence-corrected chi connectivity index (χ4v) is 7.74. The molecule has 2 aromatic carbocycles. The summed E-state index contributed by atoms with van der Waals surface area (Å²) < 4.78 is 41.5. The van der Waals surface area contributed by atoms with E-state index in [1.54, 1.807) is 28.8 Å². The second-order valence-electron chi connectivity index (χ2n) is 14.0. The van der Waals surface area contributed by atoms with Gasteiger partial charge in [-0.25, -0.2) is 23.5 Å². The number of aromatic hydroxyl groups is 1. The van der Waals surface area contributed by atoms with E-state index < -0.39 is 52.4 Å². The first-order chi connectivity index (χ1) is 27.2. The highest BCUT2D eigenvalue weighted by molar-refractivity contribution is 6.03. The molecule has 4 heterocycles. The summed E-state index contributed by atoms with van der Waals surface area (Å²) in [5.41, 5.74) is 11.6. The van der Waals surface area contributed by atoms with E-state index >= 15 is 0 Å². The summed E-state index contributed by atoms with van der Waals surface area (Å²) in [6.07, 6.45) is 3.79. The number of alkyl carbamates (subject to hydrolysis) is 1. The number of fused-ring (bicyclic) bond motifs is 2. The average molecular weight is 794 g/mol. The molecule has 0 radical (unpaired) electrons. The zero-order valence-corrected chi connectivity index (χ0v) is 30.4. The molecular weight excluding hydrogens is 752 g/mol. The van der Waals surface area contributed by atoms with Gasteiger partial charge in [-0.1, -0.05) is 43.5 Å². The van der Waals surface area contributed by atoms with Gasteiger partial charge in [0.05, 0.1) is 6.54 Å². The van der Waals surface area contributed by atoms with Crippen molar-refractivity contribution < 1.29 is 62.0 Å². The van der Waals surface area contributed by atoms with Gasteiger partial charge in [-0.3, -0.25) is 31.4 Å². The van der Waals surface area contributed by atoms with Crippen LogP contribution in [0.5, 0.6) is 5.75 Å². The van der Waals surface area contributed by atoms with Gasteiger partial charge in [0.15, 0.2) is 29.2 Å². The fraction of sp³-hybridized carbons (Fsp3) is 0.368. The Morgan fingerprint density at radius 2 is 1.74 bits per heavy atom. The molecule has 1 aliphatic carbocycles. The lowest BCUT2D eigenvalue weighted by Gasteiger charge is -2.40. The number of unbranched alkanes of at least 4 members (excludes halogenated alkanes) is 4. The Morgan fingerprint density at radius 3 is 2.47 bits per heavy atom. The van der Waals surface area contributed by atoms with E-state index in [0.717, 1.165) is 43.5 Å². The van der Waals surface area contributed by atoms with E-state index in [9.17, 15) is 38.5 Å². The van der Waals surface area contributed by atoms with Crippen molar-refractivity contribution in [3.63, 3.8) is 0 Å². The van der Waals surface area contributed by atoms with Crippen LogP contribution < -0.4 is 37.8 Å². The Kier molecular flexibility index (Phi) is 11.5. The van der Waals surface area contributed by atoms with Crippen molar-refractivity contribution in [2.45, 2.75) is 68.5 Å². The summed E-state index contributed by atoms with van der Waals surface area (Å²) in [5.74, 6) is -4.31. The van der Waals surface area contributed by atoms with Crippen molar-refractivity contribution in [1.82, 2.24) is 16.0 Å². The third-order valence-electron chi connectivity index (χ3n) is 10.4. The van der Waals surface area contributed by atoms with Gasteiger partial charge in [0.25, 0.3) is 5.66 Å². The number of phenolic OH excluding ortho intramolecular Hbond substituents is 1. The number of ether oxygens (including phenoxy) is 1. The van der Waals surface area contributed by atoms with Gasteiger partial charge in [-0.2, -0.15) is 9.59 Å². The number of guanidine groups is 2. The lowest BCUT2D eigenvalue weighted by Crippen LogP contribution is -2.91. The Hall–Kier alpha value is -6.43. The number of nitrogens with zero attached hydrogens (tertiary/aromatic N) is 1. The normalized spacial score (nSPS) is 20.3. The molecule has 7 rings (SSSR count). The van der Waals surface area contributed by atoms with Crippen LogP contribution in [0, 0.1) is 11.6 Å². The number of hydrogen-bond acceptors (Lipinski definition) is 14. The van der Waals surface area contributed by atoms with E-state index in [0.29, 0.717) is 42.5 Å². The Bertz CT molecular complexity index is 2330. The first-order valence-electron chi connectivity index (χ1n) is 18.1. The van der Waals surface area contributed by atoms with Crippen LogP contribution in [0.1, 0.15) is 55.3 Å². The van der Waals surface area contributed by atoms with E-state index in [-0.39, 0.29) is 65.7 Å². The monoisotopic (exact) mass is 793 g/mol. The number of rotatable bonds is 12. The molecule has 1 spiro atoms. The van der Waals surface area contributed by atoms with Gasteiger partial charge in [-0.15, -0.1) is 0 Å². The number of nitrogens with two attached hydrogens (primary N) is 2. The maximum absolute atomic E-state index is 14.4. The van der Waals surface area contributed by atoms with Gasteiger partial charge >= 0.3 is 24.2 Å². The van der Waals surface area contributed by atoms with Crippen LogP contribution in [-0.2, 0) is 14.3 Å².